The highest BCUT2D eigenvalue weighted by atomic mass is 35.5. The van der Waals surface area contributed by atoms with Gasteiger partial charge in [-0.05, 0) is 30.7 Å². The Bertz CT molecular complexity index is 1060. The summed E-state index contributed by atoms with van der Waals surface area (Å²) in [6.45, 7) is 1.93. The van der Waals surface area contributed by atoms with Crippen molar-refractivity contribution in [2.45, 2.75) is 19.3 Å². The summed E-state index contributed by atoms with van der Waals surface area (Å²) in [6, 6.07) is 11.3. The molecule has 1 N–H and O–H groups in total. The van der Waals surface area contributed by atoms with Crippen LogP contribution in [0.1, 0.15) is 29.0 Å². The molecule has 6 nitrogen and oxygen atoms in total. The van der Waals surface area contributed by atoms with Crippen molar-refractivity contribution in [2.75, 3.05) is 19.5 Å². The van der Waals surface area contributed by atoms with Crippen LogP contribution >= 0.6 is 11.6 Å². The fourth-order valence-corrected chi connectivity index (χ4v) is 3.78. The number of methoxy groups -OCH3 is 2. The molecule has 0 fully saturated rings. The van der Waals surface area contributed by atoms with Crippen molar-refractivity contribution in [1.29, 1.82) is 0 Å². The first-order chi connectivity index (χ1) is 13.5. The molecular formula is C21H20ClN3O3. The van der Waals surface area contributed by atoms with E-state index in [1.807, 2.05) is 43.3 Å². The molecule has 1 aliphatic heterocycles. The minimum Gasteiger partial charge on any atom is -0.497 e. The number of anilines is 1. The summed E-state index contributed by atoms with van der Waals surface area (Å²) in [5.41, 5.74) is 3.58. The maximum absolute atomic E-state index is 12.5. The Balaban J connectivity index is 1.85. The second kappa shape index (κ2) is 7.20. The number of nitrogens with zero attached hydrogens (tertiary/aromatic N) is 2. The quantitative estimate of drug-likeness (QED) is 0.711. The molecule has 2 aromatic carbocycles. The van der Waals surface area contributed by atoms with Crippen LogP contribution in [0.2, 0.25) is 5.02 Å². The standard InChI is InChI=1S/C21H20ClN3O3/c1-12-17(22)5-4-6-18(12)25-21-16(11-23-25)15(10-20(26)24-21)14-8-7-13(27-2)9-19(14)28-3/h4-9,11,15H,10H2,1-3H3,(H,24,26). The van der Waals surface area contributed by atoms with Gasteiger partial charge in [0.2, 0.25) is 5.91 Å². The van der Waals surface area contributed by atoms with Crippen molar-refractivity contribution in [1.82, 2.24) is 9.78 Å². The van der Waals surface area contributed by atoms with Crippen LogP contribution in [0, 0.1) is 6.92 Å². The summed E-state index contributed by atoms with van der Waals surface area (Å²) >= 11 is 6.28. The molecule has 7 heteroatoms. The van der Waals surface area contributed by atoms with Crippen LogP contribution < -0.4 is 14.8 Å². The zero-order chi connectivity index (χ0) is 19.8. The smallest absolute Gasteiger partial charge is 0.226 e. The van der Waals surface area contributed by atoms with Crippen LogP contribution in [-0.4, -0.2) is 29.9 Å². The average molecular weight is 398 g/mol. The van der Waals surface area contributed by atoms with Gasteiger partial charge in [0.1, 0.15) is 17.3 Å². The first kappa shape index (κ1) is 18.4. The third kappa shape index (κ3) is 2.99. The van der Waals surface area contributed by atoms with E-state index in [4.69, 9.17) is 21.1 Å². The van der Waals surface area contributed by atoms with E-state index in [1.54, 1.807) is 25.1 Å². The summed E-state index contributed by atoms with van der Waals surface area (Å²) in [5.74, 6) is 1.79. The Morgan fingerprint density at radius 3 is 2.75 bits per heavy atom. The molecule has 28 heavy (non-hydrogen) atoms. The van der Waals surface area contributed by atoms with E-state index < -0.39 is 0 Å². The number of carbonyl (C=O) groups is 1. The molecule has 2 heterocycles. The Morgan fingerprint density at radius 2 is 2.00 bits per heavy atom. The number of halogens is 1. The predicted octanol–water partition coefficient (Wildman–Crippen LogP) is 4.33. The monoisotopic (exact) mass is 397 g/mol. The lowest BCUT2D eigenvalue weighted by molar-refractivity contribution is -0.116. The van der Waals surface area contributed by atoms with Crippen LogP contribution in [0.25, 0.3) is 5.69 Å². The van der Waals surface area contributed by atoms with E-state index >= 15 is 0 Å². The third-order valence-electron chi connectivity index (χ3n) is 5.10. The number of fused-ring (bicyclic) bond motifs is 1. The van der Waals surface area contributed by atoms with Gasteiger partial charge in [-0.15, -0.1) is 0 Å². The number of hydrogen-bond acceptors (Lipinski definition) is 4. The second-order valence-electron chi connectivity index (χ2n) is 6.66. The highest BCUT2D eigenvalue weighted by Gasteiger charge is 2.32. The second-order valence-corrected chi connectivity index (χ2v) is 7.06. The highest BCUT2D eigenvalue weighted by Crippen LogP contribution is 2.42. The summed E-state index contributed by atoms with van der Waals surface area (Å²) < 4.78 is 12.6. The van der Waals surface area contributed by atoms with Gasteiger partial charge in [0.15, 0.2) is 0 Å². The number of carbonyl (C=O) groups excluding carboxylic acids is 1. The number of aromatic nitrogens is 2. The molecule has 0 spiro atoms. The first-order valence-electron chi connectivity index (χ1n) is 8.88. The van der Waals surface area contributed by atoms with Crippen LogP contribution in [-0.2, 0) is 4.79 Å². The molecule has 1 atom stereocenters. The molecule has 4 rings (SSSR count). The van der Waals surface area contributed by atoms with Gasteiger partial charge in [0, 0.05) is 34.6 Å². The minimum atomic E-state index is -0.169. The van der Waals surface area contributed by atoms with Gasteiger partial charge in [0.25, 0.3) is 0 Å². The SMILES string of the molecule is COc1ccc(C2CC(=O)Nc3c2cnn3-c2cccc(Cl)c2C)c(OC)c1. The molecule has 0 bridgehead atoms. The van der Waals surface area contributed by atoms with Crippen LogP contribution in [0.5, 0.6) is 11.5 Å². The van der Waals surface area contributed by atoms with Crippen molar-refractivity contribution in [3.05, 3.63) is 64.3 Å². The molecular weight excluding hydrogens is 378 g/mol. The van der Waals surface area contributed by atoms with Crippen molar-refractivity contribution < 1.29 is 14.3 Å². The van der Waals surface area contributed by atoms with Gasteiger partial charge in [-0.25, -0.2) is 4.68 Å². The lowest BCUT2D eigenvalue weighted by atomic mass is 9.86. The van der Waals surface area contributed by atoms with Crippen molar-refractivity contribution in [3.63, 3.8) is 0 Å². The van der Waals surface area contributed by atoms with Gasteiger partial charge in [0.05, 0.1) is 26.1 Å². The molecule has 1 unspecified atom stereocenters. The fourth-order valence-electron chi connectivity index (χ4n) is 3.61. The number of rotatable bonds is 4. The van der Waals surface area contributed by atoms with Crippen LogP contribution in [0.15, 0.2) is 42.6 Å². The van der Waals surface area contributed by atoms with E-state index in [0.29, 0.717) is 28.8 Å². The van der Waals surface area contributed by atoms with Gasteiger partial charge in [-0.1, -0.05) is 23.7 Å². The molecule has 1 aromatic heterocycles. The topological polar surface area (TPSA) is 65.4 Å². The third-order valence-corrected chi connectivity index (χ3v) is 5.51. The molecule has 1 amide bonds. The largest absolute Gasteiger partial charge is 0.497 e. The Hall–Kier alpha value is -2.99. The van der Waals surface area contributed by atoms with Gasteiger partial charge in [-0.3, -0.25) is 4.79 Å². The first-order valence-corrected chi connectivity index (χ1v) is 9.26. The van der Waals surface area contributed by atoms with Gasteiger partial charge in [-0.2, -0.15) is 5.10 Å². The fraction of sp³-hybridized carbons (Fsp3) is 0.238. The Kier molecular flexibility index (Phi) is 4.73. The van der Waals surface area contributed by atoms with Gasteiger partial charge >= 0.3 is 0 Å². The Labute approximate surface area is 168 Å². The molecule has 1 aliphatic rings. The molecule has 0 saturated heterocycles. The lowest BCUT2D eigenvalue weighted by Crippen LogP contribution is -2.25. The van der Waals surface area contributed by atoms with E-state index in [2.05, 4.69) is 10.4 Å². The molecule has 144 valence electrons. The van der Waals surface area contributed by atoms with Crippen molar-refractivity contribution >= 4 is 23.3 Å². The molecule has 0 saturated carbocycles. The van der Waals surface area contributed by atoms with Crippen LogP contribution in [0.3, 0.4) is 0 Å². The van der Waals surface area contributed by atoms with Crippen molar-refractivity contribution in [3.8, 4) is 17.2 Å². The van der Waals surface area contributed by atoms with E-state index in [9.17, 15) is 4.79 Å². The highest BCUT2D eigenvalue weighted by molar-refractivity contribution is 6.31. The number of amides is 1. The molecule has 3 aromatic rings. The van der Waals surface area contributed by atoms with Gasteiger partial charge < -0.3 is 14.8 Å². The summed E-state index contributed by atoms with van der Waals surface area (Å²) in [6.07, 6.45) is 2.11. The van der Waals surface area contributed by atoms with E-state index in [-0.39, 0.29) is 11.8 Å². The summed E-state index contributed by atoms with van der Waals surface area (Å²) in [7, 11) is 3.22. The van der Waals surface area contributed by atoms with Crippen molar-refractivity contribution in [2.24, 2.45) is 0 Å². The van der Waals surface area contributed by atoms with Crippen LogP contribution in [0.4, 0.5) is 5.82 Å². The summed E-state index contributed by atoms with van der Waals surface area (Å²) in [5, 5.41) is 8.16. The maximum atomic E-state index is 12.5. The number of ether oxygens (including phenoxy) is 2. The number of benzene rings is 2. The average Bonchev–Trinajstić information content (AvgIpc) is 3.12. The lowest BCUT2D eigenvalue weighted by Gasteiger charge is -2.25. The predicted molar refractivity (Wildman–Crippen MR) is 108 cm³/mol. The summed E-state index contributed by atoms with van der Waals surface area (Å²) in [4.78, 5) is 12.5. The molecule has 0 radical (unpaired) electrons. The van der Waals surface area contributed by atoms with E-state index in [1.165, 1.54) is 0 Å². The molecule has 0 aliphatic carbocycles. The zero-order valence-corrected chi connectivity index (χ0v) is 16.6. The number of hydrogen-bond donors (Lipinski definition) is 1. The van der Waals surface area contributed by atoms with E-state index in [0.717, 1.165) is 22.4 Å². The minimum absolute atomic E-state index is 0.0724. The maximum Gasteiger partial charge on any atom is 0.226 e. The normalized spacial score (nSPS) is 15.7. The number of nitrogens with one attached hydrogen (secondary N) is 1. The Morgan fingerprint density at radius 1 is 1.18 bits per heavy atom. The zero-order valence-electron chi connectivity index (χ0n) is 15.8.